The summed E-state index contributed by atoms with van der Waals surface area (Å²) in [6, 6.07) is 2.37. The molecule has 0 unspecified atom stereocenters. The van der Waals surface area contributed by atoms with Gasteiger partial charge in [0.15, 0.2) is 0 Å². The normalized spacial score (nSPS) is 18.7. The molecular formula is C12H18FN3O2S. The highest BCUT2D eigenvalue weighted by atomic mass is 32.2. The molecule has 1 heterocycles. The Labute approximate surface area is 112 Å². The van der Waals surface area contributed by atoms with Crippen LogP contribution in [0.1, 0.15) is 5.56 Å². The van der Waals surface area contributed by atoms with E-state index in [-0.39, 0.29) is 10.6 Å². The van der Waals surface area contributed by atoms with Gasteiger partial charge in [0.2, 0.25) is 10.0 Å². The van der Waals surface area contributed by atoms with E-state index in [0.29, 0.717) is 31.7 Å². The molecule has 5 nitrogen and oxygen atoms in total. The zero-order chi connectivity index (χ0) is 14.2. The first kappa shape index (κ1) is 14.2. The van der Waals surface area contributed by atoms with Crippen molar-refractivity contribution in [1.29, 1.82) is 0 Å². The number of hydrogen-bond donors (Lipinski definition) is 1. The van der Waals surface area contributed by atoms with Crippen LogP contribution in [0.4, 0.5) is 10.1 Å². The number of hydrogen-bond acceptors (Lipinski definition) is 4. The van der Waals surface area contributed by atoms with Crippen molar-refractivity contribution in [3.8, 4) is 0 Å². The summed E-state index contributed by atoms with van der Waals surface area (Å²) in [6.45, 7) is 3.66. The van der Waals surface area contributed by atoms with Gasteiger partial charge in [-0.05, 0) is 31.7 Å². The molecule has 19 heavy (non-hydrogen) atoms. The zero-order valence-electron chi connectivity index (χ0n) is 11.1. The van der Waals surface area contributed by atoms with Crippen LogP contribution in [0, 0.1) is 12.7 Å². The van der Waals surface area contributed by atoms with E-state index in [2.05, 4.69) is 0 Å². The van der Waals surface area contributed by atoms with E-state index < -0.39 is 15.8 Å². The maximum atomic E-state index is 13.9. The van der Waals surface area contributed by atoms with Crippen molar-refractivity contribution in [2.24, 2.45) is 0 Å². The molecular weight excluding hydrogens is 269 g/mol. The molecule has 0 atom stereocenters. The summed E-state index contributed by atoms with van der Waals surface area (Å²) < 4.78 is 40.0. The van der Waals surface area contributed by atoms with Crippen LogP contribution in [-0.4, -0.2) is 50.8 Å². The lowest BCUT2D eigenvalue weighted by Crippen LogP contribution is -2.47. The fraction of sp³-hybridized carbons (Fsp3) is 0.500. The highest BCUT2D eigenvalue weighted by Gasteiger charge is 2.30. The molecule has 1 aromatic rings. The summed E-state index contributed by atoms with van der Waals surface area (Å²) >= 11 is 0. The number of benzene rings is 1. The molecule has 1 aromatic carbocycles. The number of sulfonamides is 1. The predicted octanol–water partition coefficient (Wildman–Crippen LogP) is 0.652. The average molecular weight is 287 g/mol. The SMILES string of the molecule is Cc1cc(F)c(S(=O)(=O)N2CCN(C)CC2)cc1N. The standard InChI is InChI=1S/C12H18FN3O2S/c1-9-7-10(13)12(8-11(9)14)19(17,18)16-5-3-15(2)4-6-16/h7-8H,3-6,14H2,1-2H3. The van der Waals surface area contributed by atoms with E-state index in [9.17, 15) is 12.8 Å². The lowest BCUT2D eigenvalue weighted by atomic mass is 10.2. The molecule has 0 aliphatic carbocycles. The highest BCUT2D eigenvalue weighted by Crippen LogP contribution is 2.25. The number of likely N-dealkylation sites (N-methyl/N-ethyl adjacent to an activating group) is 1. The van der Waals surface area contributed by atoms with Gasteiger partial charge in [0.05, 0.1) is 0 Å². The van der Waals surface area contributed by atoms with Gasteiger partial charge in [0, 0.05) is 31.9 Å². The molecule has 0 spiro atoms. The van der Waals surface area contributed by atoms with Gasteiger partial charge in [0.1, 0.15) is 10.7 Å². The first-order chi connectivity index (χ1) is 8.82. The van der Waals surface area contributed by atoms with Crippen LogP contribution >= 0.6 is 0 Å². The van der Waals surface area contributed by atoms with E-state index in [0.717, 1.165) is 6.07 Å². The molecule has 0 radical (unpaired) electrons. The van der Waals surface area contributed by atoms with Gasteiger partial charge in [-0.2, -0.15) is 4.31 Å². The van der Waals surface area contributed by atoms with Crippen LogP contribution in [0.15, 0.2) is 17.0 Å². The summed E-state index contributed by atoms with van der Waals surface area (Å²) in [7, 11) is -1.88. The third kappa shape index (κ3) is 2.72. The van der Waals surface area contributed by atoms with Crippen molar-refractivity contribution in [2.45, 2.75) is 11.8 Å². The minimum atomic E-state index is -3.80. The van der Waals surface area contributed by atoms with Gasteiger partial charge in [0.25, 0.3) is 0 Å². The second-order valence-corrected chi connectivity index (χ2v) is 6.75. The first-order valence-electron chi connectivity index (χ1n) is 6.06. The van der Waals surface area contributed by atoms with Crippen LogP contribution in [0.25, 0.3) is 0 Å². The first-order valence-corrected chi connectivity index (χ1v) is 7.50. The van der Waals surface area contributed by atoms with Crippen LogP contribution in [0.3, 0.4) is 0 Å². The highest BCUT2D eigenvalue weighted by molar-refractivity contribution is 7.89. The summed E-state index contributed by atoms with van der Waals surface area (Å²) in [4.78, 5) is 1.70. The quantitative estimate of drug-likeness (QED) is 0.811. The zero-order valence-corrected chi connectivity index (χ0v) is 11.9. The number of nitrogens with zero attached hydrogens (tertiary/aromatic N) is 2. The Balaban J connectivity index is 2.37. The maximum Gasteiger partial charge on any atom is 0.246 e. The Hall–Kier alpha value is -1.18. The molecule has 1 saturated heterocycles. The largest absolute Gasteiger partial charge is 0.398 e. The van der Waals surface area contributed by atoms with Crippen molar-refractivity contribution >= 4 is 15.7 Å². The molecule has 7 heteroatoms. The fourth-order valence-corrected chi connectivity index (χ4v) is 3.54. The Kier molecular flexibility index (Phi) is 3.80. The molecule has 0 bridgehead atoms. The smallest absolute Gasteiger partial charge is 0.246 e. The Bertz CT molecular complexity index is 581. The molecule has 2 rings (SSSR count). The average Bonchev–Trinajstić information content (AvgIpc) is 2.34. The van der Waals surface area contributed by atoms with Gasteiger partial charge in [-0.15, -0.1) is 0 Å². The third-order valence-corrected chi connectivity index (χ3v) is 5.31. The van der Waals surface area contributed by atoms with E-state index in [1.54, 1.807) is 6.92 Å². The number of halogens is 1. The van der Waals surface area contributed by atoms with Crippen molar-refractivity contribution in [1.82, 2.24) is 9.21 Å². The minimum Gasteiger partial charge on any atom is -0.398 e. The molecule has 1 fully saturated rings. The number of piperazine rings is 1. The second kappa shape index (κ2) is 5.07. The summed E-state index contributed by atoms with van der Waals surface area (Å²) in [5, 5.41) is 0. The van der Waals surface area contributed by atoms with Gasteiger partial charge < -0.3 is 10.6 Å². The molecule has 1 aliphatic heterocycles. The van der Waals surface area contributed by atoms with E-state index in [1.165, 1.54) is 10.4 Å². The molecule has 0 aromatic heterocycles. The van der Waals surface area contributed by atoms with Crippen LogP contribution in [0.2, 0.25) is 0 Å². The Morgan fingerprint density at radius 1 is 1.21 bits per heavy atom. The van der Waals surface area contributed by atoms with Crippen molar-refractivity contribution in [3.63, 3.8) is 0 Å². The van der Waals surface area contributed by atoms with Crippen LogP contribution in [0.5, 0.6) is 0 Å². The summed E-state index contributed by atoms with van der Waals surface area (Å²) in [6.07, 6.45) is 0. The predicted molar refractivity (Wildman–Crippen MR) is 71.8 cm³/mol. The summed E-state index contributed by atoms with van der Waals surface area (Å²) in [5.41, 5.74) is 6.50. The lowest BCUT2D eigenvalue weighted by Gasteiger charge is -2.31. The summed E-state index contributed by atoms with van der Waals surface area (Å²) in [5.74, 6) is -0.745. The maximum absolute atomic E-state index is 13.9. The second-order valence-electron chi connectivity index (χ2n) is 4.85. The molecule has 1 aliphatic rings. The topological polar surface area (TPSA) is 66.6 Å². The van der Waals surface area contributed by atoms with Crippen molar-refractivity contribution in [2.75, 3.05) is 39.0 Å². The molecule has 2 N–H and O–H groups in total. The molecule has 106 valence electrons. The lowest BCUT2D eigenvalue weighted by molar-refractivity contribution is 0.222. The van der Waals surface area contributed by atoms with Crippen LogP contribution < -0.4 is 5.73 Å². The van der Waals surface area contributed by atoms with Crippen LogP contribution in [-0.2, 0) is 10.0 Å². The number of anilines is 1. The molecule has 0 amide bonds. The number of rotatable bonds is 2. The number of aryl methyl sites for hydroxylation is 1. The Morgan fingerprint density at radius 2 is 1.79 bits per heavy atom. The van der Waals surface area contributed by atoms with Gasteiger partial charge in [-0.1, -0.05) is 0 Å². The fourth-order valence-electron chi connectivity index (χ4n) is 2.03. The van der Waals surface area contributed by atoms with Crippen molar-refractivity contribution < 1.29 is 12.8 Å². The van der Waals surface area contributed by atoms with Crippen molar-refractivity contribution in [3.05, 3.63) is 23.5 Å². The Morgan fingerprint density at radius 3 is 2.37 bits per heavy atom. The van der Waals surface area contributed by atoms with Gasteiger partial charge in [-0.3, -0.25) is 0 Å². The number of nitrogen functional groups attached to an aromatic ring is 1. The van der Waals surface area contributed by atoms with Gasteiger partial charge >= 0.3 is 0 Å². The molecule has 0 saturated carbocycles. The number of nitrogens with two attached hydrogens (primary N) is 1. The van der Waals surface area contributed by atoms with E-state index in [1.807, 2.05) is 11.9 Å². The monoisotopic (exact) mass is 287 g/mol. The minimum absolute atomic E-state index is 0.286. The third-order valence-electron chi connectivity index (χ3n) is 3.40. The van der Waals surface area contributed by atoms with Gasteiger partial charge in [-0.25, -0.2) is 12.8 Å². The van der Waals surface area contributed by atoms with E-state index >= 15 is 0 Å². The van der Waals surface area contributed by atoms with E-state index in [4.69, 9.17) is 5.73 Å².